The van der Waals surface area contributed by atoms with Gasteiger partial charge in [0.1, 0.15) is 16.4 Å². The number of amides is 1. The second-order valence-corrected chi connectivity index (χ2v) is 7.55. The number of hydrogen-bond acceptors (Lipinski definition) is 6. The zero-order valence-corrected chi connectivity index (χ0v) is 16.8. The highest BCUT2D eigenvalue weighted by Gasteiger charge is 2.46. The number of carbonyl (C=O) groups is 1. The molecule has 156 valence electrons. The molecule has 2 aliphatic heterocycles. The molecule has 3 aromatic rings. The molecule has 1 aromatic heterocycles. The van der Waals surface area contributed by atoms with Gasteiger partial charge in [0.05, 0.1) is 6.61 Å². The van der Waals surface area contributed by atoms with E-state index >= 15 is 0 Å². The van der Waals surface area contributed by atoms with E-state index in [1.807, 2.05) is 6.07 Å². The summed E-state index contributed by atoms with van der Waals surface area (Å²) in [4.78, 5) is 21.0. The van der Waals surface area contributed by atoms with Crippen LogP contribution < -0.4 is 15.8 Å². The number of aliphatic imine (C=N–C) groups is 1. The van der Waals surface area contributed by atoms with Crippen molar-refractivity contribution in [1.82, 2.24) is 10.3 Å². The molecule has 0 bridgehead atoms. The topological polar surface area (TPSA) is 98.8 Å². The summed E-state index contributed by atoms with van der Waals surface area (Å²) in [6.07, 6.45) is 0.351. The highest BCUT2D eigenvalue weighted by molar-refractivity contribution is 6.29. The van der Waals surface area contributed by atoms with Crippen LogP contribution in [0.2, 0.25) is 5.15 Å². The van der Waals surface area contributed by atoms with Crippen LogP contribution >= 0.6 is 11.6 Å². The van der Waals surface area contributed by atoms with Crippen molar-refractivity contribution in [3.8, 4) is 11.5 Å². The standard InChI is InChI=1S/C22H16ClFN4O3/c23-17-11-15-18(19(24)26-17)31-16-7-6-13(25)10-14(16)22(15)8-9-30-21(28-22)27-20(29)12-4-2-1-3-5-12/h1-7,10-11H,8-9,25H2,(H,27,28,29)/t22-/m0/s1. The largest absolute Gasteiger partial charge is 0.465 e. The van der Waals surface area contributed by atoms with Crippen molar-refractivity contribution in [2.45, 2.75) is 12.0 Å². The molecule has 3 heterocycles. The number of nitrogens with zero attached hydrogens (tertiary/aromatic N) is 2. The van der Waals surface area contributed by atoms with Gasteiger partial charge in [0.15, 0.2) is 5.75 Å². The summed E-state index contributed by atoms with van der Waals surface area (Å²) >= 11 is 6.06. The number of ether oxygens (including phenoxy) is 2. The average molecular weight is 439 g/mol. The second kappa shape index (κ2) is 7.24. The van der Waals surface area contributed by atoms with E-state index in [0.717, 1.165) is 0 Å². The van der Waals surface area contributed by atoms with Crippen molar-refractivity contribution >= 4 is 29.2 Å². The number of benzene rings is 2. The third-order valence-corrected chi connectivity index (χ3v) is 5.45. The predicted octanol–water partition coefficient (Wildman–Crippen LogP) is 4.01. The van der Waals surface area contributed by atoms with Crippen molar-refractivity contribution in [1.29, 1.82) is 0 Å². The van der Waals surface area contributed by atoms with E-state index in [0.29, 0.717) is 34.5 Å². The summed E-state index contributed by atoms with van der Waals surface area (Å²) in [6, 6.07) is 15.2. The first kappa shape index (κ1) is 19.3. The van der Waals surface area contributed by atoms with Gasteiger partial charge >= 0.3 is 0 Å². The van der Waals surface area contributed by atoms with Crippen LogP contribution in [0, 0.1) is 5.95 Å². The Morgan fingerprint density at radius 3 is 2.77 bits per heavy atom. The van der Waals surface area contributed by atoms with Crippen molar-refractivity contribution in [2.75, 3.05) is 12.3 Å². The highest BCUT2D eigenvalue weighted by atomic mass is 35.5. The van der Waals surface area contributed by atoms with E-state index < -0.39 is 11.5 Å². The van der Waals surface area contributed by atoms with Crippen LogP contribution in [0.5, 0.6) is 11.5 Å². The quantitative estimate of drug-likeness (QED) is 0.441. The molecule has 3 N–H and O–H groups in total. The number of hydrogen-bond donors (Lipinski definition) is 2. The van der Waals surface area contributed by atoms with Crippen molar-refractivity contribution in [3.63, 3.8) is 0 Å². The molecular formula is C22H16ClFN4O3. The maximum atomic E-state index is 14.7. The molecule has 5 rings (SSSR count). The zero-order chi connectivity index (χ0) is 21.6. The summed E-state index contributed by atoms with van der Waals surface area (Å²) in [7, 11) is 0. The second-order valence-electron chi connectivity index (χ2n) is 7.17. The van der Waals surface area contributed by atoms with Gasteiger partial charge in [0, 0.05) is 28.8 Å². The molecule has 1 amide bonds. The number of nitrogens with one attached hydrogen (secondary N) is 1. The number of carbonyl (C=O) groups excluding carboxylic acids is 1. The summed E-state index contributed by atoms with van der Waals surface area (Å²) in [5, 5.41) is 2.65. The molecule has 1 atom stereocenters. The first-order valence-corrected chi connectivity index (χ1v) is 9.87. The Bertz CT molecular complexity index is 1230. The molecule has 2 aromatic carbocycles. The van der Waals surface area contributed by atoms with Crippen LogP contribution in [0.25, 0.3) is 0 Å². The lowest BCUT2D eigenvalue weighted by Gasteiger charge is -2.39. The Kier molecular flexibility index (Phi) is 4.51. The van der Waals surface area contributed by atoms with Gasteiger partial charge < -0.3 is 15.2 Å². The lowest BCUT2D eigenvalue weighted by atomic mass is 9.78. The molecule has 0 unspecified atom stereocenters. The van der Waals surface area contributed by atoms with Gasteiger partial charge in [-0.15, -0.1) is 0 Å². The maximum absolute atomic E-state index is 14.7. The van der Waals surface area contributed by atoms with Gasteiger partial charge in [-0.3, -0.25) is 10.1 Å². The van der Waals surface area contributed by atoms with E-state index in [4.69, 9.17) is 31.8 Å². The van der Waals surface area contributed by atoms with Crippen molar-refractivity contribution < 1.29 is 18.7 Å². The van der Waals surface area contributed by atoms with Crippen LogP contribution in [0.1, 0.15) is 27.9 Å². The number of anilines is 1. The Hall–Kier alpha value is -3.65. The highest BCUT2D eigenvalue weighted by Crippen LogP contribution is 2.53. The molecule has 1 spiro atoms. The summed E-state index contributed by atoms with van der Waals surface area (Å²) < 4.78 is 26.1. The van der Waals surface area contributed by atoms with Gasteiger partial charge in [-0.1, -0.05) is 29.8 Å². The molecule has 0 aliphatic carbocycles. The fourth-order valence-corrected chi connectivity index (χ4v) is 4.04. The minimum atomic E-state index is -1.12. The van der Waals surface area contributed by atoms with Gasteiger partial charge in [-0.2, -0.15) is 4.39 Å². The van der Waals surface area contributed by atoms with E-state index in [1.165, 1.54) is 6.07 Å². The minimum absolute atomic E-state index is 0.00895. The molecule has 0 saturated carbocycles. The summed E-state index contributed by atoms with van der Waals surface area (Å²) in [5.41, 5.74) is 6.85. The molecule has 7 nitrogen and oxygen atoms in total. The molecule has 2 aliphatic rings. The van der Waals surface area contributed by atoms with Crippen molar-refractivity contribution in [2.24, 2.45) is 4.99 Å². The zero-order valence-electron chi connectivity index (χ0n) is 16.1. The third kappa shape index (κ3) is 3.25. The van der Waals surface area contributed by atoms with Crippen LogP contribution in [0.15, 0.2) is 59.6 Å². The Morgan fingerprint density at radius 1 is 1.16 bits per heavy atom. The molecule has 9 heteroatoms. The van der Waals surface area contributed by atoms with Crippen LogP contribution in [-0.2, 0) is 10.3 Å². The van der Waals surface area contributed by atoms with Gasteiger partial charge in [-0.05, 0) is 36.4 Å². The first-order valence-electron chi connectivity index (χ1n) is 9.50. The molecule has 0 fully saturated rings. The number of nitrogens with two attached hydrogens (primary N) is 1. The average Bonchev–Trinajstić information content (AvgIpc) is 2.76. The SMILES string of the molecule is Nc1ccc2c(c1)[C@@]1(CCOC(NC(=O)c3ccccc3)=N1)c1cc(Cl)nc(F)c1O2. The van der Waals surface area contributed by atoms with Gasteiger partial charge in [-0.25, -0.2) is 9.98 Å². The van der Waals surface area contributed by atoms with E-state index in [9.17, 15) is 9.18 Å². The van der Waals surface area contributed by atoms with Gasteiger partial charge in [0.2, 0.25) is 0 Å². The summed E-state index contributed by atoms with van der Waals surface area (Å²) in [6.45, 7) is 0.211. The normalized spacial score (nSPS) is 18.8. The number of aromatic nitrogens is 1. The molecule has 0 radical (unpaired) electrons. The number of amidine groups is 1. The first-order chi connectivity index (χ1) is 15.0. The third-order valence-electron chi connectivity index (χ3n) is 5.26. The predicted molar refractivity (Wildman–Crippen MR) is 113 cm³/mol. The monoisotopic (exact) mass is 438 g/mol. The number of halogens is 2. The van der Waals surface area contributed by atoms with E-state index in [2.05, 4.69) is 10.3 Å². The van der Waals surface area contributed by atoms with Crippen LogP contribution in [-0.4, -0.2) is 23.5 Å². The molecule has 31 heavy (non-hydrogen) atoms. The maximum Gasteiger partial charge on any atom is 0.292 e. The van der Waals surface area contributed by atoms with Crippen LogP contribution in [0.4, 0.5) is 10.1 Å². The Morgan fingerprint density at radius 2 is 1.97 bits per heavy atom. The molecular weight excluding hydrogens is 423 g/mol. The number of rotatable bonds is 1. The fraction of sp³-hybridized carbons (Fsp3) is 0.136. The molecule has 0 saturated heterocycles. The number of nitrogen functional groups attached to an aromatic ring is 1. The van der Waals surface area contributed by atoms with E-state index in [1.54, 1.807) is 42.5 Å². The summed E-state index contributed by atoms with van der Waals surface area (Å²) in [5.74, 6) is -0.901. The smallest absolute Gasteiger partial charge is 0.292 e. The van der Waals surface area contributed by atoms with E-state index in [-0.39, 0.29) is 29.4 Å². The van der Waals surface area contributed by atoms with Gasteiger partial charge in [0.25, 0.3) is 17.9 Å². The van der Waals surface area contributed by atoms with Crippen LogP contribution in [0.3, 0.4) is 0 Å². The number of pyridine rings is 1. The lowest BCUT2D eigenvalue weighted by molar-refractivity contribution is 0.0959. The minimum Gasteiger partial charge on any atom is -0.465 e. The Labute approximate surface area is 181 Å². The Balaban J connectivity index is 1.66. The fourth-order valence-electron chi connectivity index (χ4n) is 3.86. The number of fused-ring (bicyclic) bond motifs is 4. The van der Waals surface area contributed by atoms with Crippen molar-refractivity contribution in [3.05, 3.63) is 82.4 Å². The lowest BCUT2D eigenvalue weighted by Crippen LogP contribution is -2.42.